The summed E-state index contributed by atoms with van der Waals surface area (Å²) in [6.45, 7) is 3.86. The Morgan fingerprint density at radius 2 is 1.62 bits per heavy atom. The Morgan fingerprint density at radius 3 is 2.31 bits per heavy atom. The summed E-state index contributed by atoms with van der Waals surface area (Å²) < 4.78 is 0. The highest BCUT2D eigenvalue weighted by Crippen LogP contribution is 2.03. The van der Waals surface area contributed by atoms with Crippen molar-refractivity contribution in [2.45, 2.75) is 26.4 Å². The van der Waals surface area contributed by atoms with Crippen molar-refractivity contribution in [1.82, 2.24) is 16.0 Å². The summed E-state index contributed by atoms with van der Waals surface area (Å²) in [5.74, 6) is 0.711. The monoisotopic (exact) mass is 466 g/mol. The topological polar surface area (TPSA) is 65.5 Å². The molecule has 26 heavy (non-hydrogen) atoms. The van der Waals surface area contributed by atoms with Gasteiger partial charge in [-0.1, -0.05) is 60.2 Å². The summed E-state index contributed by atoms with van der Waals surface area (Å²) in [6.07, 6.45) is 0.401. The van der Waals surface area contributed by atoms with Crippen LogP contribution < -0.4 is 16.0 Å². The molecule has 0 aliphatic carbocycles. The Hall–Kier alpha value is -2.09. The van der Waals surface area contributed by atoms with E-state index in [2.05, 4.69) is 46.1 Å². The molecule has 0 radical (unpaired) electrons. The second-order valence-corrected chi connectivity index (χ2v) is 5.85. The van der Waals surface area contributed by atoms with E-state index in [0.717, 1.165) is 5.56 Å². The van der Waals surface area contributed by atoms with Gasteiger partial charge in [-0.15, -0.1) is 24.0 Å². The van der Waals surface area contributed by atoms with E-state index >= 15 is 0 Å². The first kappa shape index (κ1) is 22.0. The number of aryl methyl sites for hydroxylation is 1. The molecule has 0 aliphatic rings. The molecule has 1 amide bonds. The standard InChI is InChI=1S/C20H26N4O.HI/c1-16-7-6-10-18(13-16)15-24-20(21-2)22-12-11-19(25)23-14-17-8-4-3-5-9-17;/h3-10,13H,11-12,14-15H2,1-2H3,(H,23,25)(H2,21,22,24);1H. The largest absolute Gasteiger partial charge is 0.356 e. The lowest BCUT2D eigenvalue weighted by Gasteiger charge is -2.12. The van der Waals surface area contributed by atoms with E-state index in [0.29, 0.717) is 32.0 Å². The van der Waals surface area contributed by atoms with Crippen LogP contribution in [0, 0.1) is 6.92 Å². The van der Waals surface area contributed by atoms with Crippen LogP contribution >= 0.6 is 24.0 Å². The van der Waals surface area contributed by atoms with E-state index in [1.54, 1.807) is 7.05 Å². The molecule has 0 spiro atoms. The van der Waals surface area contributed by atoms with Crippen LogP contribution in [0.2, 0.25) is 0 Å². The molecule has 0 heterocycles. The fourth-order valence-electron chi connectivity index (χ4n) is 2.41. The Labute approximate surface area is 172 Å². The lowest BCUT2D eigenvalue weighted by atomic mass is 10.1. The van der Waals surface area contributed by atoms with Crippen LogP contribution in [0.5, 0.6) is 0 Å². The minimum Gasteiger partial charge on any atom is -0.356 e. The van der Waals surface area contributed by atoms with Crippen LogP contribution in [0.4, 0.5) is 0 Å². The summed E-state index contributed by atoms with van der Waals surface area (Å²) in [5.41, 5.74) is 3.53. The Balaban J connectivity index is 0.00000338. The van der Waals surface area contributed by atoms with Gasteiger partial charge < -0.3 is 16.0 Å². The highest BCUT2D eigenvalue weighted by molar-refractivity contribution is 14.0. The number of nitrogens with zero attached hydrogens (tertiary/aromatic N) is 1. The van der Waals surface area contributed by atoms with Crippen molar-refractivity contribution in [3.63, 3.8) is 0 Å². The van der Waals surface area contributed by atoms with Crippen LogP contribution in [0.3, 0.4) is 0 Å². The molecular weight excluding hydrogens is 439 g/mol. The predicted octanol–water partition coefficient (Wildman–Crippen LogP) is 2.98. The van der Waals surface area contributed by atoms with E-state index < -0.39 is 0 Å². The maximum atomic E-state index is 11.9. The molecule has 2 rings (SSSR count). The zero-order chi connectivity index (χ0) is 17.9. The van der Waals surface area contributed by atoms with Crippen LogP contribution in [0.15, 0.2) is 59.6 Å². The molecule has 2 aromatic carbocycles. The average Bonchev–Trinajstić information content (AvgIpc) is 2.63. The molecule has 0 aromatic heterocycles. The van der Waals surface area contributed by atoms with Crippen LogP contribution in [0.1, 0.15) is 23.1 Å². The van der Waals surface area contributed by atoms with Gasteiger partial charge in [-0.25, -0.2) is 0 Å². The van der Waals surface area contributed by atoms with E-state index in [1.165, 1.54) is 11.1 Å². The Morgan fingerprint density at radius 1 is 0.923 bits per heavy atom. The van der Waals surface area contributed by atoms with Crippen molar-refractivity contribution in [1.29, 1.82) is 0 Å². The van der Waals surface area contributed by atoms with Crippen molar-refractivity contribution in [2.24, 2.45) is 4.99 Å². The molecule has 0 fully saturated rings. The van der Waals surface area contributed by atoms with Crippen molar-refractivity contribution < 1.29 is 4.79 Å². The zero-order valence-electron chi connectivity index (χ0n) is 15.3. The third-order valence-electron chi connectivity index (χ3n) is 3.74. The second kappa shape index (κ2) is 12.3. The molecule has 6 heteroatoms. The number of guanidine groups is 1. The van der Waals surface area contributed by atoms with E-state index in [-0.39, 0.29) is 29.9 Å². The average molecular weight is 466 g/mol. The number of aliphatic imine (C=N–C) groups is 1. The summed E-state index contributed by atoms with van der Waals surface area (Å²) in [4.78, 5) is 16.1. The number of hydrogen-bond acceptors (Lipinski definition) is 2. The van der Waals surface area contributed by atoms with Gasteiger partial charge in [-0.3, -0.25) is 9.79 Å². The molecule has 0 unspecified atom stereocenters. The number of rotatable bonds is 7. The van der Waals surface area contributed by atoms with Gasteiger partial charge in [-0.2, -0.15) is 0 Å². The number of carbonyl (C=O) groups is 1. The second-order valence-electron chi connectivity index (χ2n) is 5.85. The van der Waals surface area contributed by atoms with Crippen molar-refractivity contribution in [3.05, 3.63) is 71.3 Å². The van der Waals surface area contributed by atoms with Crippen LogP contribution in [-0.2, 0) is 17.9 Å². The number of carbonyl (C=O) groups excluding carboxylic acids is 1. The number of amides is 1. The van der Waals surface area contributed by atoms with Crippen molar-refractivity contribution >= 4 is 35.8 Å². The maximum Gasteiger partial charge on any atom is 0.222 e. The number of nitrogens with one attached hydrogen (secondary N) is 3. The summed E-state index contributed by atoms with van der Waals surface area (Å²) in [5, 5.41) is 9.33. The van der Waals surface area contributed by atoms with Crippen LogP contribution in [0.25, 0.3) is 0 Å². The highest BCUT2D eigenvalue weighted by Gasteiger charge is 2.03. The first-order chi connectivity index (χ1) is 12.2. The van der Waals surface area contributed by atoms with Crippen molar-refractivity contribution in [2.75, 3.05) is 13.6 Å². The van der Waals surface area contributed by atoms with Gasteiger partial charge in [0.05, 0.1) is 0 Å². The van der Waals surface area contributed by atoms with Gasteiger partial charge in [0, 0.05) is 33.1 Å². The SMILES string of the molecule is CN=C(NCCC(=O)NCc1ccccc1)NCc1cccc(C)c1.I. The van der Waals surface area contributed by atoms with Crippen molar-refractivity contribution in [3.8, 4) is 0 Å². The molecule has 0 saturated carbocycles. The fraction of sp³-hybridized carbons (Fsp3) is 0.300. The molecule has 140 valence electrons. The van der Waals surface area contributed by atoms with E-state index in [9.17, 15) is 4.79 Å². The van der Waals surface area contributed by atoms with Gasteiger partial charge in [0.2, 0.25) is 5.91 Å². The van der Waals surface area contributed by atoms with Gasteiger partial charge in [0.1, 0.15) is 0 Å². The fourth-order valence-corrected chi connectivity index (χ4v) is 2.41. The van der Waals surface area contributed by atoms with E-state index in [4.69, 9.17) is 0 Å². The quantitative estimate of drug-likeness (QED) is 0.334. The van der Waals surface area contributed by atoms with E-state index in [1.807, 2.05) is 36.4 Å². The van der Waals surface area contributed by atoms with Gasteiger partial charge in [0.15, 0.2) is 5.96 Å². The summed E-state index contributed by atoms with van der Waals surface area (Å²) in [7, 11) is 1.72. The third-order valence-corrected chi connectivity index (χ3v) is 3.74. The molecule has 3 N–H and O–H groups in total. The Kier molecular flexibility index (Phi) is 10.4. The highest BCUT2D eigenvalue weighted by atomic mass is 127. The molecule has 0 saturated heterocycles. The molecule has 0 aliphatic heterocycles. The molecule has 2 aromatic rings. The minimum absolute atomic E-state index is 0. The third kappa shape index (κ3) is 8.33. The first-order valence-corrected chi connectivity index (χ1v) is 8.48. The van der Waals surface area contributed by atoms with Gasteiger partial charge >= 0.3 is 0 Å². The molecule has 5 nitrogen and oxygen atoms in total. The summed E-state index contributed by atoms with van der Waals surface area (Å²) >= 11 is 0. The lowest BCUT2D eigenvalue weighted by molar-refractivity contribution is -0.121. The Bertz CT molecular complexity index is 704. The normalized spacial score (nSPS) is 10.6. The molecule has 0 bridgehead atoms. The summed E-state index contributed by atoms with van der Waals surface area (Å²) in [6, 6.07) is 18.2. The van der Waals surface area contributed by atoms with Crippen LogP contribution in [-0.4, -0.2) is 25.5 Å². The zero-order valence-corrected chi connectivity index (χ0v) is 17.6. The number of hydrogen-bond donors (Lipinski definition) is 3. The molecular formula is C20H27IN4O. The number of halogens is 1. The maximum absolute atomic E-state index is 11.9. The lowest BCUT2D eigenvalue weighted by Crippen LogP contribution is -2.38. The number of benzene rings is 2. The predicted molar refractivity (Wildman–Crippen MR) is 118 cm³/mol. The minimum atomic E-state index is 0. The first-order valence-electron chi connectivity index (χ1n) is 8.48. The van der Waals surface area contributed by atoms with Gasteiger partial charge in [0.25, 0.3) is 0 Å². The molecule has 0 atom stereocenters. The van der Waals surface area contributed by atoms with Gasteiger partial charge in [-0.05, 0) is 18.1 Å². The smallest absolute Gasteiger partial charge is 0.222 e.